The second-order valence-electron chi connectivity index (χ2n) is 5.46. The molecule has 0 aliphatic carbocycles. The number of unbranched alkanes of at least 4 members (excludes halogenated alkanes) is 1. The average molecular weight is 275 g/mol. The zero-order valence-electron chi connectivity index (χ0n) is 11.4. The Morgan fingerprint density at radius 2 is 2.17 bits per heavy atom. The predicted molar refractivity (Wildman–Crippen MR) is 72.5 cm³/mol. The molecule has 0 aromatic heterocycles. The minimum atomic E-state index is -3.24. The van der Waals surface area contributed by atoms with Gasteiger partial charge in [-0.1, -0.05) is 13.3 Å². The van der Waals surface area contributed by atoms with E-state index in [1.807, 2.05) is 0 Å². The Kier molecular flexibility index (Phi) is 4.64. The van der Waals surface area contributed by atoms with Gasteiger partial charge in [0.1, 0.15) is 0 Å². The number of rotatable bonds is 5. The molecule has 18 heavy (non-hydrogen) atoms. The number of piperidine rings is 1. The van der Waals surface area contributed by atoms with Crippen LogP contribution in [0, 0.1) is 5.92 Å². The van der Waals surface area contributed by atoms with Crippen molar-refractivity contribution in [2.24, 2.45) is 5.92 Å². The van der Waals surface area contributed by atoms with Crippen molar-refractivity contribution in [3.05, 3.63) is 0 Å². The van der Waals surface area contributed by atoms with E-state index in [1.54, 1.807) is 11.4 Å². The molecule has 2 heterocycles. The van der Waals surface area contributed by atoms with Crippen LogP contribution in [0.1, 0.15) is 32.6 Å². The normalized spacial score (nSPS) is 29.7. The van der Waals surface area contributed by atoms with E-state index in [0.717, 1.165) is 25.8 Å². The van der Waals surface area contributed by atoms with E-state index >= 15 is 0 Å². The molecule has 0 saturated carbocycles. The van der Waals surface area contributed by atoms with Gasteiger partial charge in [-0.05, 0) is 31.7 Å². The summed E-state index contributed by atoms with van der Waals surface area (Å²) in [7, 11) is -1.55. The van der Waals surface area contributed by atoms with Crippen LogP contribution in [-0.4, -0.2) is 56.3 Å². The van der Waals surface area contributed by atoms with Gasteiger partial charge in [0, 0.05) is 32.7 Å². The summed E-state index contributed by atoms with van der Waals surface area (Å²) in [6.07, 6.45) is 4.27. The van der Waals surface area contributed by atoms with Crippen molar-refractivity contribution in [1.82, 2.24) is 13.9 Å². The van der Waals surface area contributed by atoms with Gasteiger partial charge in [0.25, 0.3) is 10.2 Å². The minimum absolute atomic E-state index is 0.369. The highest BCUT2D eigenvalue weighted by molar-refractivity contribution is 7.86. The fraction of sp³-hybridized carbons (Fsp3) is 1.00. The molecule has 0 unspecified atom stereocenters. The first-order chi connectivity index (χ1) is 8.55. The van der Waals surface area contributed by atoms with E-state index in [-0.39, 0.29) is 0 Å². The molecule has 0 amide bonds. The lowest BCUT2D eigenvalue weighted by molar-refractivity contribution is 0.338. The van der Waals surface area contributed by atoms with Crippen LogP contribution in [0.15, 0.2) is 0 Å². The highest BCUT2D eigenvalue weighted by Crippen LogP contribution is 2.27. The molecule has 2 aliphatic heterocycles. The topological polar surface area (TPSA) is 52.7 Å². The monoisotopic (exact) mass is 275 g/mol. The Morgan fingerprint density at radius 3 is 2.83 bits per heavy atom. The summed E-state index contributed by atoms with van der Waals surface area (Å²) >= 11 is 0. The van der Waals surface area contributed by atoms with Crippen LogP contribution in [0.4, 0.5) is 0 Å². The third-order valence-electron chi connectivity index (χ3n) is 4.11. The second kappa shape index (κ2) is 5.86. The summed E-state index contributed by atoms with van der Waals surface area (Å²) in [5.41, 5.74) is 0. The van der Waals surface area contributed by atoms with Gasteiger partial charge >= 0.3 is 0 Å². The van der Waals surface area contributed by atoms with Crippen molar-refractivity contribution in [3.8, 4) is 0 Å². The van der Waals surface area contributed by atoms with E-state index in [1.165, 1.54) is 10.7 Å². The third-order valence-corrected chi connectivity index (χ3v) is 6.03. The molecule has 2 rings (SSSR count). The van der Waals surface area contributed by atoms with Crippen LogP contribution in [0.2, 0.25) is 0 Å². The van der Waals surface area contributed by atoms with Crippen molar-refractivity contribution in [2.75, 3.05) is 33.2 Å². The molecule has 2 saturated heterocycles. The molecule has 0 aromatic rings. The van der Waals surface area contributed by atoms with Crippen LogP contribution in [0.25, 0.3) is 0 Å². The molecule has 106 valence electrons. The lowest BCUT2D eigenvalue weighted by Crippen LogP contribution is -2.43. The zero-order valence-corrected chi connectivity index (χ0v) is 12.2. The number of hydrogen-bond acceptors (Lipinski definition) is 3. The Bertz CT molecular complexity index is 358. The highest BCUT2D eigenvalue weighted by Gasteiger charge is 2.40. The van der Waals surface area contributed by atoms with Crippen LogP contribution < -0.4 is 5.32 Å². The van der Waals surface area contributed by atoms with Gasteiger partial charge in [0.05, 0.1) is 0 Å². The summed E-state index contributed by atoms with van der Waals surface area (Å²) in [4.78, 5) is 0. The van der Waals surface area contributed by atoms with Gasteiger partial charge in [-0.15, -0.1) is 0 Å². The lowest BCUT2D eigenvalue weighted by atomic mass is 9.94. The zero-order chi connectivity index (χ0) is 13.2. The first-order valence-electron chi connectivity index (χ1n) is 7.00. The van der Waals surface area contributed by atoms with Gasteiger partial charge in [-0.2, -0.15) is 17.0 Å². The van der Waals surface area contributed by atoms with Crippen molar-refractivity contribution in [1.29, 1.82) is 0 Å². The number of nitrogens with zero attached hydrogens (tertiary/aromatic N) is 2. The summed E-state index contributed by atoms with van der Waals surface area (Å²) in [5.74, 6) is 0.508. The van der Waals surface area contributed by atoms with Crippen molar-refractivity contribution < 1.29 is 8.42 Å². The van der Waals surface area contributed by atoms with E-state index in [2.05, 4.69) is 12.2 Å². The van der Waals surface area contributed by atoms with Gasteiger partial charge in [-0.3, -0.25) is 0 Å². The summed E-state index contributed by atoms with van der Waals surface area (Å²) in [6.45, 7) is 5.06. The molecule has 2 atom stereocenters. The Morgan fingerprint density at radius 1 is 1.39 bits per heavy atom. The molecule has 0 radical (unpaired) electrons. The van der Waals surface area contributed by atoms with Crippen molar-refractivity contribution in [2.45, 2.75) is 38.6 Å². The summed E-state index contributed by atoms with van der Waals surface area (Å²) < 4.78 is 28.0. The summed E-state index contributed by atoms with van der Waals surface area (Å²) in [5, 5.41) is 3.44. The molecule has 0 bridgehead atoms. The Balaban J connectivity index is 1.98. The minimum Gasteiger partial charge on any atom is -0.312 e. The van der Waals surface area contributed by atoms with Crippen LogP contribution in [-0.2, 0) is 10.2 Å². The molecule has 0 spiro atoms. The standard InChI is InChI=1S/C12H25N3O2S/c1-3-4-8-14(2)18(16,17)15-9-11-6-5-7-13-12(11)10-15/h11-13H,3-10H2,1-2H3/t11-,12+/m0/s1. The number of hydrogen-bond donors (Lipinski definition) is 1. The molecule has 5 nitrogen and oxygen atoms in total. The fourth-order valence-electron chi connectivity index (χ4n) is 2.89. The van der Waals surface area contributed by atoms with Gasteiger partial charge in [0.2, 0.25) is 0 Å². The maximum absolute atomic E-state index is 12.4. The second-order valence-corrected chi connectivity index (χ2v) is 7.50. The lowest BCUT2D eigenvalue weighted by Gasteiger charge is -2.24. The molecular formula is C12H25N3O2S. The molecule has 6 heteroatoms. The third kappa shape index (κ3) is 2.87. The molecule has 0 aromatic carbocycles. The summed E-state index contributed by atoms with van der Waals surface area (Å²) in [6, 6.07) is 0.369. The SMILES string of the molecule is CCCCN(C)S(=O)(=O)N1C[C@@H]2CCCN[C@@H]2C1. The maximum Gasteiger partial charge on any atom is 0.281 e. The molecule has 2 aliphatic rings. The van der Waals surface area contributed by atoms with Gasteiger partial charge < -0.3 is 5.32 Å². The largest absolute Gasteiger partial charge is 0.312 e. The quantitative estimate of drug-likeness (QED) is 0.801. The predicted octanol–water partition coefficient (Wildman–Crippen LogP) is 0.647. The van der Waals surface area contributed by atoms with E-state index in [0.29, 0.717) is 31.6 Å². The van der Waals surface area contributed by atoms with E-state index in [9.17, 15) is 8.42 Å². The van der Waals surface area contributed by atoms with E-state index in [4.69, 9.17) is 0 Å². The molecule has 2 fully saturated rings. The van der Waals surface area contributed by atoms with Crippen molar-refractivity contribution in [3.63, 3.8) is 0 Å². The number of nitrogens with one attached hydrogen (secondary N) is 1. The van der Waals surface area contributed by atoms with Gasteiger partial charge in [0.15, 0.2) is 0 Å². The van der Waals surface area contributed by atoms with Crippen LogP contribution >= 0.6 is 0 Å². The Labute approximate surface area is 111 Å². The Hall–Kier alpha value is -0.170. The van der Waals surface area contributed by atoms with Crippen LogP contribution in [0.3, 0.4) is 0 Å². The first-order valence-corrected chi connectivity index (χ1v) is 8.40. The highest BCUT2D eigenvalue weighted by atomic mass is 32.2. The number of fused-ring (bicyclic) bond motifs is 1. The molecular weight excluding hydrogens is 250 g/mol. The van der Waals surface area contributed by atoms with E-state index < -0.39 is 10.2 Å². The van der Waals surface area contributed by atoms with Crippen molar-refractivity contribution >= 4 is 10.2 Å². The average Bonchev–Trinajstić information content (AvgIpc) is 2.80. The fourth-order valence-corrected chi connectivity index (χ4v) is 4.37. The van der Waals surface area contributed by atoms with Crippen LogP contribution in [0.5, 0.6) is 0 Å². The first kappa shape index (κ1) is 14.2. The smallest absolute Gasteiger partial charge is 0.281 e. The van der Waals surface area contributed by atoms with Gasteiger partial charge in [-0.25, -0.2) is 0 Å². The molecule has 1 N–H and O–H groups in total. The maximum atomic E-state index is 12.4.